The van der Waals surface area contributed by atoms with Gasteiger partial charge in [0.2, 0.25) is 0 Å². The number of hydrogen-bond donors (Lipinski definition) is 1. The zero-order chi connectivity index (χ0) is 29.8. The molecule has 42 heavy (non-hydrogen) atoms. The first-order valence-corrected chi connectivity index (χ1v) is 13.6. The molecule has 10 nitrogen and oxygen atoms in total. The van der Waals surface area contributed by atoms with Crippen LogP contribution in [0.2, 0.25) is 0 Å². The van der Waals surface area contributed by atoms with E-state index in [2.05, 4.69) is 5.32 Å². The SMILES string of the molecule is COc1ccc(C(=O)OC(=O)C2=C(C)/C(=C/OC(=O)c3ccccc3)SC3C(NC(=O)c4ccccc4)C(=O)N23)cc1. The van der Waals surface area contributed by atoms with Gasteiger partial charge in [0.05, 0.1) is 23.1 Å². The van der Waals surface area contributed by atoms with E-state index in [0.717, 1.165) is 11.8 Å². The molecule has 0 aliphatic carbocycles. The Morgan fingerprint density at radius 1 is 0.810 bits per heavy atom. The first kappa shape index (κ1) is 28.4. The van der Waals surface area contributed by atoms with Crippen molar-refractivity contribution < 1.29 is 38.2 Å². The Morgan fingerprint density at radius 2 is 1.40 bits per heavy atom. The van der Waals surface area contributed by atoms with Crippen LogP contribution in [0.5, 0.6) is 5.75 Å². The summed E-state index contributed by atoms with van der Waals surface area (Å²) < 4.78 is 15.6. The highest BCUT2D eigenvalue weighted by Crippen LogP contribution is 2.46. The van der Waals surface area contributed by atoms with Crippen molar-refractivity contribution in [2.45, 2.75) is 18.3 Å². The van der Waals surface area contributed by atoms with Gasteiger partial charge in [0.25, 0.3) is 11.8 Å². The fourth-order valence-corrected chi connectivity index (χ4v) is 5.59. The number of carbonyl (C=O) groups is 5. The summed E-state index contributed by atoms with van der Waals surface area (Å²) in [6.07, 6.45) is 1.18. The lowest BCUT2D eigenvalue weighted by Gasteiger charge is -2.49. The highest BCUT2D eigenvalue weighted by molar-refractivity contribution is 8.04. The zero-order valence-electron chi connectivity index (χ0n) is 22.4. The monoisotopic (exact) mass is 584 g/mol. The molecule has 3 aromatic carbocycles. The molecule has 2 atom stereocenters. The molecule has 2 aliphatic heterocycles. The quantitative estimate of drug-likeness (QED) is 0.189. The summed E-state index contributed by atoms with van der Waals surface area (Å²) in [5.41, 5.74) is 0.826. The Balaban J connectivity index is 1.42. The fraction of sp³-hybridized carbons (Fsp3) is 0.129. The van der Waals surface area contributed by atoms with Crippen molar-refractivity contribution in [1.29, 1.82) is 0 Å². The maximum Gasteiger partial charge on any atom is 0.363 e. The van der Waals surface area contributed by atoms with Crippen LogP contribution < -0.4 is 10.1 Å². The molecule has 0 spiro atoms. The van der Waals surface area contributed by atoms with Gasteiger partial charge in [0.1, 0.15) is 29.1 Å². The van der Waals surface area contributed by atoms with Crippen LogP contribution in [0.15, 0.2) is 107 Å². The smallest absolute Gasteiger partial charge is 0.363 e. The maximum atomic E-state index is 13.4. The second-order valence-electron chi connectivity index (χ2n) is 9.17. The van der Waals surface area contributed by atoms with Crippen LogP contribution in [0.1, 0.15) is 38.0 Å². The number of nitrogens with one attached hydrogen (secondary N) is 1. The summed E-state index contributed by atoms with van der Waals surface area (Å²) in [6, 6.07) is 21.7. The number of esters is 3. The number of benzene rings is 3. The number of rotatable bonds is 7. The van der Waals surface area contributed by atoms with E-state index in [1.807, 2.05) is 0 Å². The van der Waals surface area contributed by atoms with Gasteiger partial charge in [-0.25, -0.2) is 14.4 Å². The number of ether oxygens (including phenoxy) is 3. The van der Waals surface area contributed by atoms with Crippen molar-refractivity contribution in [2.75, 3.05) is 7.11 Å². The molecule has 1 fully saturated rings. The summed E-state index contributed by atoms with van der Waals surface area (Å²) in [6.45, 7) is 1.54. The van der Waals surface area contributed by atoms with Crippen molar-refractivity contribution in [1.82, 2.24) is 10.2 Å². The van der Waals surface area contributed by atoms with Crippen LogP contribution >= 0.6 is 11.8 Å². The second-order valence-corrected chi connectivity index (χ2v) is 10.3. The van der Waals surface area contributed by atoms with Crippen molar-refractivity contribution >= 4 is 41.5 Å². The second kappa shape index (κ2) is 12.1. The first-order chi connectivity index (χ1) is 20.3. The lowest BCUT2D eigenvalue weighted by molar-refractivity contribution is -0.149. The molecule has 1 saturated heterocycles. The van der Waals surface area contributed by atoms with Crippen LogP contribution in [0.4, 0.5) is 0 Å². The number of thioether (sulfide) groups is 1. The number of amides is 2. The third-order valence-corrected chi connectivity index (χ3v) is 7.95. The van der Waals surface area contributed by atoms with Gasteiger partial charge < -0.3 is 19.5 Å². The average molecular weight is 585 g/mol. The lowest BCUT2D eigenvalue weighted by Crippen LogP contribution is -2.70. The van der Waals surface area contributed by atoms with E-state index in [9.17, 15) is 24.0 Å². The van der Waals surface area contributed by atoms with Crippen LogP contribution in [0, 0.1) is 0 Å². The number of carbonyl (C=O) groups excluding carboxylic acids is 5. The van der Waals surface area contributed by atoms with Crippen molar-refractivity contribution in [3.05, 3.63) is 124 Å². The van der Waals surface area contributed by atoms with E-state index in [0.29, 0.717) is 21.8 Å². The summed E-state index contributed by atoms with van der Waals surface area (Å²) in [4.78, 5) is 66.3. The minimum atomic E-state index is -1.07. The molecule has 1 N–H and O–H groups in total. The Morgan fingerprint density at radius 3 is 2.02 bits per heavy atom. The predicted molar refractivity (Wildman–Crippen MR) is 152 cm³/mol. The van der Waals surface area contributed by atoms with E-state index in [-0.39, 0.29) is 16.8 Å². The molecular formula is C31H24N2O8S. The molecule has 2 heterocycles. The fourth-order valence-electron chi connectivity index (χ4n) is 4.32. The van der Waals surface area contributed by atoms with Crippen molar-refractivity contribution in [2.24, 2.45) is 0 Å². The zero-order valence-corrected chi connectivity index (χ0v) is 23.3. The number of nitrogens with zero attached hydrogens (tertiary/aromatic N) is 1. The minimum Gasteiger partial charge on any atom is -0.497 e. The molecule has 0 bridgehead atoms. The summed E-state index contributed by atoms with van der Waals surface area (Å²) in [5.74, 6) is -3.14. The highest BCUT2D eigenvalue weighted by Gasteiger charge is 2.55. The Labute approximate surface area is 244 Å². The van der Waals surface area contributed by atoms with E-state index >= 15 is 0 Å². The molecule has 0 aromatic heterocycles. The topological polar surface area (TPSA) is 128 Å². The number of hydrogen-bond acceptors (Lipinski definition) is 9. The van der Waals surface area contributed by atoms with Gasteiger partial charge in [0.15, 0.2) is 0 Å². The van der Waals surface area contributed by atoms with Gasteiger partial charge in [0, 0.05) is 5.56 Å². The standard InChI is InChI=1S/C31H24N2O8S/c1-18-23(17-40-29(36)20-11-7-4-8-12-20)42-28-24(32-26(34)19-9-5-3-6-10-19)27(35)33(28)25(18)31(38)41-30(37)21-13-15-22(39-2)16-14-21/h3-17,24,28H,1-2H3,(H,32,34)/b23-17-. The summed E-state index contributed by atoms with van der Waals surface area (Å²) in [7, 11) is 1.48. The molecular weight excluding hydrogens is 560 g/mol. The summed E-state index contributed by atoms with van der Waals surface area (Å²) >= 11 is 1.13. The molecule has 3 aromatic rings. The summed E-state index contributed by atoms with van der Waals surface area (Å²) in [5, 5.41) is 1.94. The average Bonchev–Trinajstić information content (AvgIpc) is 3.03. The van der Waals surface area contributed by atoms with E-state index in [4.69, 9.17) is 14.2 Å². The Kier molecular flexibility index (Phi) is 8.21. The molecule has 0 saturated carbocycles. The van der Waals surface area contributed by atoms with Gasteiger partial charge in [-0.1, -0.05) is 48.2 Å². The number of methoxy groups -OCH3 is 1. The number of β-lactam (4-membered cyclic amide) rings is 1. The number of allylic oxidation sites excluding steroid dienone is 1. The van der Waals surface area contributed by atoms with Crippen molar-refractivity contribution in [3.63, 3.8) is 0 Å². The van der Waals surface area contributed by atoms with Gasteiger partial charge in [-0.2, -0.15) is 0 Å². The van der Waals surface area contributed by atoms with Gasteiger partial charge in [-0.05, 0) is 61.0 Å². The van der Waals surface area contributed by atoms with E-state index < -0.39 is 41.1 Å². The first-order valence-electron chi connectivity index (χ1n) is 12.7. The molecule has 0 radical (unpaired) electrons. The molecule has 2 aliphatic rings. The Bertz CT molecular complexity index is 1620. The van der Waals surface area contributed by atoms with Crippen LogP contribution in [0.25, 0.3) is 0 Å². The van der Waals surface area contributed by atoms with E-state index in [1.54, 1.807) is 79.7 Å². The van der Waals surface area contributed by atoms with Gasteiger partial charge in [-0.3, -0.25) is 14.5 Å². The minimum absolute atomic E-state index is 0.0969. The van der Waals surface area contributed by atoms with Gasteiger partial charge >= 0.3 is 17.9 Å². The largest absolute Gasteiger partial charge is 0.497 e. The van der Waals surface area contributed by atoms with Crippen LogP contribution in [-0.2, 0) is 19.1 Å². The highest BCUT2D eigenvalue weighted by atomic mass is 32.2. The van der Waals surface area contributed by atoms with Crippen LogP contribution in [-0.4, -0.2) is 53.1 Å². The third-order valence-electron chi connectivity index (χ3n) is 6.57. The molecule has 212 valence electrons. The lowest BCUT2D eigenvalue weighted by atomic mass is 10.0. The van der Waals surface area contributed by atoms with E-state index in [1.165, 1.54) is 30.4 Å². The molecule has 2 amide bonds. The number of fused-ring (bicyclic) bond motifs is 1. The Hall–Kier alpha value is -5.16. The van der Waals surface area contributed by atoms with Crippen molar-refractivity contribution in [3.8, 4) is 5.75 Å². The van der Waals surface area contributed by atoms with Gasteiger partial charge in [-0.15, -0.1) is 0 Å². The third kappa shape index (κ3) is 5.68. The predicted octanol–water partition coefficient (Wildman–Crippen LogP) is 4.06. The van der Waals surface area contributed by atoms with Crippen LogP contribution in [0.3, 0.4) is 0 Å². The maximum absolute atomic E-state index is 13.4. The molecule has 5 rings (SSSR count). The molecule has 11 heteroatoms. The molecule has 2 unspecified atom stereocenters. The normalized spacial score (nSPS) is 18.5.